The second-order valence-corrected chi connectivity index (χ2v) is 5.51. The molecule has 3 heterocycles. The summed E-state index contributed by atoms with van der Waals surface area (Å²) in [5.41, 5.74) is 6.56. The standard InChI is InChI=1S/C14H18N6O3/c1-8-6-10(19-23-8)18-12-11(15)13(17-7-16-12)20-4-2-9(3-5-20)14(21)22/h6-7,9H,2-5,15H2,1H3,(H,21,22)(H,16,17,18,19). The van der Waals surface area contributed by atoms with E-state index in [0.717, 1.165) is 0 Å². The molecule has 1 aliphatic rings. The third-order valence-electron chi connectivity index (χ3n) is 3.88. The smallest absolute Gasteiger partial charge is 0.306 e. The van der Waals surface area contributed by atoms with E-state index in [1.54, 1.807) is 13.0 Å². The largest absolute Gasteiger partial charge is 0.481 e. The highest BCUT2D eigenvalue weighted by atomic mass is 16.5. The van der Waals surface area contributed by atoms with E-state index >= 15 is 0 Å². The Kier molecular flexibility index (Phi) is 4.00. The Balaban J connectivity index is 1.76. The van der Waals surface area contributed by atoms with Gasteiger partial charge in [-0.2, -0.15) is 0 Å². The number of hydrogen-bond acceptors (Lipinski definition) is 8. The second-order valence-electron chi connectivity index (χ2n) is 5.51. The van der Waals surface area contributed by atoms with Crippen LogP contribution in [0, 0.1) is 12.8 Å². The summed E-state index contributed by atoms with van der Waals surface area (Å²) in [7, 11) is 0. The summed E-state index contributed by atoms with van der Waals surface area (Å²) >= 11 is 0. The maximum atomic E-state index is 11.0. The number of hydrogen-bond donors (Lipinski definition) is 3. The summed E-state index contributed by atoms with van der Waals surface area (Å²) in [6.07, 6.45) is 2.57. The van der Waals surface area contributed by atoms with Crippen molar-refractivity contribution >= 4 is 29.1 Å². The zero-order chi connectivity index (χ0) is 16.4. The van der Waals surface area contributed by atoms with Gasteiger partial charge in [-0.05, 0) is 19.8 Å². The van der Waals surface area contributed by atoms with Gasteiger partial charge in [0.1, 0.15) is 17.8 Å². The molecule has 2 aromatic heterocycles. The van der Waals surface area contributed by atoms with Crippen LogP contribution < -0.4 is 16.0 Å². The molecule has 0 spiro atoms. The molecule has 0 aliphatic carbocycles. The minimum atomic E-state index is -0.746. The Morgan fingerprint density at radius 1 is 1.43 bits per heavy atom. The van der Waals surface area contributed by atoms with Crippen molar-refractivity contribution in [2.75, 3.05) is 29.0 Å². The summed E-state index contributed by atoms with van der Waals surface area (Å²) in [5.74, 6) is 1.20. The van der Waals surface area contributed by atoms with Gasteiger partial charge >= 0.3 is 5.97 Å². The van der Waals surface area contributed by atoms with Gasteiger partial charge in [0.2, 0.25) is 0 Å². The molecular weight excluding hydrogens is 300 g/mol. The predicted octanol–water partition coefficient (Wildman–Crippen LogP) is 1.40. The number of rotatable bonds is 4. The quantitative estimate of drug-likeness (QED) is 0.765. The van der Waals surface area contributed by atoms with Crippen molar-refractivity contribution < 1.29 is 14.4 Å². The van der Waals surface area contributed by atoms with Gasteiger partial charge < -0.3 is 25.6 Å². The molecular formula is C14H18N6O3. The molecule has 1 saturated heterocycles. The Hall–Kier alpha value is -2.84. The van der Waals surface area contributed by atoms with E-state index in [-0.39, 0.29) is 5.92 Å². The maximum Gasteiger partial charge on any atom is 0.306 e. The number of anilines is 4. The summed E-state index contributed by atoms with van der Waals surface area (Å²) in [4.78, 5) is 21.4. The van der Waals surface area contributed by atoms with Gasteiger partial charge in [0.15, 0.2) is 17.5 Å². The van der Waals surface area contributed by atoms with E-state index in [9.17, 15) is 4.79 Å². The average Bonchev–Trinajstić information content (AvgIpc) is 2.95. The number of piperidine rings is 1. The third kappa shape index (κ3) is 3.17. The van der Waals surface area contributed by atoms with Gasteiger partial charge in [-0.25, -0.2) is 9.97 Å². The number of aromatic nitrogens is 3. The molecule has 9 heteroatoms. The number of nitrogens with one attached hydrogen (secondary N) is 1. The van der Waals surface area contributed by atoms with Crippen LogP contribution in [0.25, 0.3) is 0 Å². The second kappa shape index (κ2) is 6.11. The Labute approximate surface area is 132 Å². The fourth-order valence-corrected chi connectivity index (χ4v) is 2.62. The molecule has 0 radical (unpaired) electrons. The molecule has 0 aromatic carbocycles. The fourth-order valence-electron chi connectivity index (χ4n) is 2.62. The molecule has 9 nitrogen and oxygen atoms in total. The first kappa shape index (κ1) is 15.1. The molecule has 122 valence electrons. The Morgan fingerprint density at radius 2 is 2.17 bits per heavy atom. The molecule has 2 aromatic rings. The van der Waals surface area contributed by atoms with Crippen LogP contribution in [0.1, 0.15) is 18.6 Å². The Bertz CT molecular complexity index is 708. The maximum absolute atomic E-state index is 11.0. The van der Waals surface area contributed by atoms with E-state index in [4.69, 9.17) is 15.4 Å². The lowest BCUT2D eigenvalue weighted by atomic mass is 9.97. The first-order chi connectivity index (χ1) is 11.0. The van der Waals surface area contributed by atoms with Crippen LogP contribution in [-0.2, 0) is 4.79 Å². The van der Waals surface area contributed by atoms with E-state index in [0.29, 0.717) is 54.8 Å². The zero-order valence-corrected chi connectivity index (χ0v) is 12.7. The topological polar surface area (TPSA) is 130 Å². The van der Waals surface area contributed by atoms with Crippen LogP contribution in [-0.4, -0.2) is 39.3 Å². The minimum absolute atomic E-state index is 0.301. The SMILES string of the molecule is Cc1cc(Nc2ncnc(N3CCC(C(=O)O)CC3)c2N)no1. The van der Waals surface area contributed by atoms with Crippen LogP contribution in [0.3, 0.4) is 0 Å². The zero-order valence-electron chi connectivity index (χ0n) is 12.7. The van der Waals surface area contributed by atoms with Crippen molar-refractivity contribution in [3.63, 3.8) is 0 Å². The van der Waals surface area contributed by atoms with E-state index < -0.39 is 5.97 Å². The predicted molar refractivity (Wildman–Crippen MR) is 83.5 cm³/mol. The molecule has 23 heavy (non-hydrogen) atoms. The van der Waals surface area contributed by atoms with Crippen LogP contribution in [0.5, 0.6) is 0 Å². The van der Waals surface area contributed by atoms with Gasteiger partial charge in [-0.1, -0.05) is 5.16 Å². The summed E-state index contributed by atoms with van der Waals surface area (Å²) in [6, 6.07) is 1.74. The molecule has 0 amide bonds. The monoisotopic (exact) mass is 318 g/mol. The van der Waals surface area contributed by atoms with Crippen molar-refractivity contribution in [1.82, 2.24) is 15.1 Å². The van der Waals surface area contributed by atoms with Crippen LogP contribution in [0.2, 0.25) is 0 Å². The third-order valence-corrected chi connectivity index (χ3v) is 3.88. The number of nitrogens with two attached hydrogens (primary N) is 1. The Morgan fingerprint density at radius 3 is 2.78 bits per heavy atom. The average molecular weight is 318 g/mol. The van der Waals surface area contributed by atoms with E-state index in [2.05, 4.69) is 20.4 Å². The highest BCUT2D eigenvalue weighted by Gasteiger charge is 2.26. The van der Waals surface area contributed by atoms with Gasteiger partial charge in [0.05, 0.1) is 5.92 Å². The summed E-state index contributed by atoms with van der Waals surface area (Å²) in [5, 5.41) is 15.9. The lowest BCUT2D eigenvalue weighted by Gasteiger charge is -2.31. The van der Waals surface area contributed by atoms with E-state index in [1.165, 1.54) is 6.33 Å². The summed E-state index contributed by atoms with van der Waals surface area (Å²) in [6.45, 7) is 2.99. The molecule has 1 aliphatic heterocycles. The fraction of sp³-hybridized carbons (Fsp3) is 0.429. The minimum Gasteiger partial charge on any atom is -0.481 e. The molecule has 0 unspecified atom stereocenters. The van der Waals surface area contributed by atoms with Gasteiger partial charge in [0, 0.05) is 19.2 Å². The van der Waals surface area contributed by atoms with Crippen LogP contribution in [0.4, 0.5) is 23.1 Å². The molecule has 1 fully saturated rings. The van der Waals surface area contributed by atoms with Crippen molar-refractivity contribution in [3.05, 3.63) is 18.2 Å². The van der Waals surface area contributed by atoms with Crippen molar-refractivity contribution in [3.8, 4) is 0 Å². The lowest BCUT2D eigenvalue weighted by molar-refractivity contribution is -0.142. The molecule has 3 rings (SSSR count). The highest BCUT2D eigenvalue weighted by molar-refractivity contribution is 5.78. The normalized spacial score (nSPS) is 15.6. The number of carbonyl (C=O) groups is 1. The van der Waals surface area contributed by atoms with Gasteiger partial charge in [-0.3, -0.25) is 4.79 Å². The highest BCUT2D eigenvalue weighted by Crippen LogP contribution is 2.31. The molecule has 0 saturated carbocycles. The number of carboxylic acids is 1. The van der Waals surface area contributed by atoms with Crippen LogP contribution in [0.15, 0.2) is 16.9 Å². The number of aryl methyl sites for hydroxylation is 1. The first-order valence-corrected chi connectivity index (χ1v) is 7.33. The first-order valence-electron chi connectivity index (χ1n) is 7.33. The number of aliphatic carboxylic acids is 1. The van der Waals surface area contributed by atoms with Crippen molar-refractivity contribution in [2.24, 2.45) is 5.92 Å². The number of nitrogen functional groups attached to an aromatic ring is 1. The van der Waals surface area contributed by atoms with Crippen molar-refractivity contribution in [1.29, 1.82) is 0 Å². The molecule has 0 bridgehead atoms. The van der Waals surface area contributed by atoms with Crippen LogP contribution >= 0.6 is 0 Å². The van der Waals surface area contributed by atoms with E-state index in [1.807, 2.05) is 4.90 Å². The molecule has 0 atom stereocenters. The molecule has 4 N–H and O–H groups in total. The van der Waals surface area contributed by atoms with Gasteiger partial charge in [0.25, 0.3) is 0 Å². The lowest BCUT2D eigenvalue weighted by Crippen LogP contribution is -2.37. The summed E-state index contributed by atoms with van der Waals surface area (Å²) < 4.78 is 4.99. The van der Waals surface area contributed by atoms with Crippen molar-refractivity contribution in [2.45, 2.75) is 19.8 Å². The number of carboxylic acid groups (broad SMARTS) is 1. The van der Waals surface area contributed by atoms with Gasteiger partial charge in [-0.15, -0.1) is 0 Å². The number of nitrogens with zero attached hydrogens (tertiary/aromatic N) is 4.